The van der Waals surface area contributed by atoms with Crippen LogP contribution in [0.25, 0.3) is 5.95 Å². The van der Waals surface area contributed by atoms with Crippen LogP contribution in [0.1, 0.15) is 29.7 Å². The number of hydrogen-bond acceptors (Lipinski definition) is 7. The minimum Gasteiger partial charge on any atom is -0.492 e. The lowest BCUT2D eigenvalue weighted by atomic mass is 10.1. The number of ether oxygens (including phenoxy) is 2. The Hall–Kier alpha value is -3.23. The second-order valence-electron chi connectivity index (χ2n) is 8.57. The average molecular weight is 448 g/mol. The van der Waals surface area contributed by atoms with Crippen LogP contribution in [0.3, 0.4) is 0 Å². The second kappa shape index (κ2) is 9.72. The van der Waals surface area contributed by atoms with Gasteiger partial charge in [-0.15, -0.1) is 0 Å². The van der Waals surface area contributed by atoms with Crippen LogP contribution >= 0.6 is 0 Å². The van der Waals surface area contributed by atoms with E-state index in [2.05, 4.69) is 44.0 Å². The van der Waals surface area contributed by atoms with Crippen LogP contribution in [0.4, 0.5) is 0 Å². The van der Waals surface area contributed by atoms with Gasteiger partial charge in [-0.1, -0.05) is 6.07 Å². The number of likely N-dealkylation sites (tertiary alicyclic amines) is 1. The lowest BCUT2D eigenvalue weighted by molar-refractivity contribution is -0.146. The van der Waals surface area contributed by atoms with Crippen molar-refractivity contribution in [3.05, 3.63) is 71.8 Å². The van der Waals surface area contributed by atoms with Crippen LogP contribution in [0.15, 0.2) is 55.0 Å². The number of carbonyl (C=O) groups excluding carboxylic acids is 1. The minimum atomic E-state index is -0.144. The quantitative estimate of drug-likeness (QED) is 0.538. The highest BCUT2D eigenvalue weighted by Crippen LogP contribution is 2.28. The zero-order chi connectivity index (χ0) is 22.6. The van der Waals surface area contributed by atoms with Gasteiger partial charge in [-0.2, -0.15) is 0 Å². The van der Waals surface area contributed by atoms with Gasteiger partial charge in [0.15, 0.2) is 0 Å². The van der Waals surface area contributed by atoms with E-state index in [0.717, 1.165) is 57.0 Å². The first-order chi connectivity index (χ1) is 16.2. The van der Waals surface area contributed by atoms with Crippen molar-refractivity contribution in [1.29, 1.82) is 0 Å². The predicted molar refractivity (Wildman–Crippen MR) is 123 cm³/mol. The van der Waals surface area contributed by atoms with Gasteiger partial charge in [-0.25, -0.2) is 9.97 Å². The summed E-state index contributed by atoms with van der Waals surface area (Å²) in [4.78, 5) is 25.5. The van der Waals surface area contributed by atoms with E-state index < -0.39 is 0 Å². The van der Waals surface area contributed by atoms with Gasteiger partial charge in [0.05, 0.1) is 7.11 Å². The molecule has 8 heteroatoms. The highest BCUT2D eigenvalue weighted by Gasteiger charge is 2.31. The van der Waals surface area contributed by atoms with Crippen molar-refractivity contribution < 1.29 is 14.3 Å². The van der Waals surface area contributed by atoms with Crippen molar-refractivity contribution in [2.75, 3.05) is 26.8 Å². The maximum atomic E-state index is 12.1. The van der Waals surface area contributed by atoms with Crippen molar-refractivity contribution >= 4 is 5.97 Å². The molecule has 0 amide bonds. The first-order valence-electron chi connectivity index (χ1n) is 11.4. The Labute approximate surface area is 193 Å². The van der Waals surface area contributed by atoms with Crippen molar-refractivity contribution in [1.82, 2.24) is 24.3 Å². The van der Waals surface area contributed by atoms with Crippen LogP contribution < -0.4 is 4.74 Å². The molecule has 8 nitrogen and oxygen atoms in total. The maximum absolute atomic E-state index is 12.1. The Morgan fingerprint density at radius 2 is 2.03 bits per heavy atom. The van der Waals surface area contributed by atoms with Gasteiger partial charge in [0, 0.05) is 56.0 Å². The zero-order valence-corrected chi connectivity index (χ0v) is 18.9. The molecular weight excluding hydrogens is 418 g/mol. The highest BCUT2D eigenvalue weighted by molar-refractivity contribution is 5.76. The molecule has 3 aromatic rings. The number of esters is 1. The van der Waals surface area contributed by atoms with E-state index in [1.54, 1.807) is 12.4 Å². The topological polar surface area (TPSA) is 72.7 Å². The van der Waals surface area contributed by atoms with Gasteiger partial charge in [0.1, 0.15) is 18.4 Å². The molecule has 5 rings (SSSR count). The smallest absolute Gasteiger partial charge is 0.323 e. The van der Waals surface area contributed by atoms with E-state index in [-0.39, 0.29) is 12.0 Å². The lowest BCUT2D eigenvalue weighted by Gasteiger charge is -2.23. The molecule has 2 aliphatic heterocycles. The van der Waals surface area contributed by atoms with Crippen molar-refractivity contribution in [3.63, 3.8) is 0 Å². The Kier molecular flexibility index (Phi) is 6.37. The number of carbonyl (C=O) groups is 1. The Morgan fingerprint density at radius 3 is 2.88 bits per heavy atom. The van der Waals surface area contributed by atoms with Crippen LogP contribution in [0.2, 0.25) is 0 Å². The summed E-state index contributed by atoms with van der Waals surface area (Å²) in [6.45, 7) is 4.70. The Bertz CT molecular complexity index is 1100. The van der Waals surface area contributed by atoms with Crippen LogP contribution in [0.5, 0.6) is 5.75 Å². The first-order valence-corrected chi connectivity index (χ1v) is 11.4. The summed E-state index contributed by atoms with van der Waals surface area (Å²) >= 11 is 0. The number of methoxy groups -OCH3 is 1. The molecule has 0 saturated carbocycles. The third-order valence-electron chi connectivity index (χ3n) is 6.39. The standard InChI is InChI=1S/C25H29N5O3/c1-32-24(31)22-6-3-11-29(22)16-19-7-8-23-20(15-19)17-28(13-14-33-23)18-21-5-2-12-30(21)25-26-9-4-10-27-25/h2,4-5,7-10,12,15,22H,3,6,11,13-14,16-18H2,1H3/t22-/m0/s1. The molecule has 1 atom stereocenters. The van der Waals surface area contributed by atoms with E-state index in [1.165, 1.54) is 18.2 Å². The molecule has 4 heterocycles. The van der Waals surface area contributed by atoms with Gasteiger partial charge in [0.2, 0.25) is 5.95 Å². The van der Waals surface area contributed by atoms with Gasteiger partial charge in [-0.05, 0) is 55.3 Å². The van der Waals surface area contributed by atoms with Gasteiger partial charge >= 0.3 is 5.97 Å². The molecule has 33 heavy (non-hydrogen) atoms. The molecule has 1 fully saturated rings. The van der Waals surface area contributed by atoms with Gasteiger partial charge in [0.25, 0.3) is 0 Å². The summed E-state index contributed by atoms with van der Waals surface area (Å²) in [7, 11) is 1.47. The average Bonchev–Trinajstić information content (AvgIpc) is 3.45. The van der Waals surface area contributed by atoms with Crippen LogP contribution in [-0.4, -0.2) is 63.2 Å². The molecule has 0 spiro atoms. The summed E-state index contributed by atoms with van der Waals surface area (Å²) in [6, 6.07) is 12.2. The summed E-state index contributed by atoms with van der Waals surface area (Å²) in [6.07, 6.45) is 7.40. The molecule has 0 radical (unpaired) electrons. The molecule has 172 valence electrons. The lowest BCUT2D eigenvalue weighted by Crippen LogP contribution is -2.36. The van der Waals surface area contributed by atoms with Crippen LogP contribution in [0, 0.1) is 0 Å². The summed E-state index contributed by atoms with van der Waals surface area (Å²) < 4.78 is 13.1. The summed E-state index contributed by atoms with van der Waals surface area (Å²) in [5.74, 6) is 1.48. The van der Waals surface area contributed by atoms with Crippen molar-refractivity contribution in [2.45, 2.75) is 38.5 Å². The predicted octanol–water partition coefficient (Wildman–Crippen LogP) is 2.80. The maximum Gasteiger partial charge on any atom is 0.323 e. The SMILES string of the molecule is COC(=O)[C@@H]1CCCN1Cc1ccc2c(c1)CN(Cc1cccn1-c1ncccn1)CCO2. The van der Waals surface area contributed by atoms with Gasteiger partial charge in [-0.3, -0.25) is 19.2 Å². The van der Waals surface area contributed by atoms with Crippen molar-refractivity contribution in [2.24, 2.45) is 0 Å². The molecule has 0 aliphatic carbocycles. The third-order valence-corrected chi connectivity index (χ3v) is 6.39. The molecule has 2 aliphatic rings. The number of aromatic nitrogens is 3. The second-order valence-corrected chi connectivity index (χ2v) is 8.57. The van der Waals surface area contributed by atoms with E-state index in [4.69, 9.17) is 9.47 Å². The molecular formula is C25H29N5O3. The molecule has 1 saturated heterocycles. The number of nitrogens with zero attached hydrogens (tertiary/aromatic N) is 5. The van der Waals surface area contributed by atoms with Gasteiger partial charge < -0.3 is 9.47 Å². The monoisotopic (exact) mass is 447 g/mol. The summed E-state index contributed by atoms with van der Waals surface area (Å²) in [5.41, 5.74) is 3.50. The number of rotatable bonds is 6. The summed E-state index contributed by atoms with van der Waals surface area (Å²) in [5, 5.41) is 0. The normalized spacial score (nSPS) is 19.0. The Balaban J connectivity index is 1.31. The van der Waals surface area contributed by atoms with E-state index >= 15 is 0 Å². The minimum absolute atomic E-state index is 0.137. The fraction of sp³-hybridized carbons (Fsp3) is 0.400. The largest absolute Gasteiger partial charge is 0.492 e. The molecule has 0 bridgehead atoms. The molecule has 1 aromatic carbocycles. The highest BCUT2D eigenvalue weighted by atomic mass is 16.5. The number of fused-ring (bicyclic) bond motifs is 1. The molecule has 2 aromatic heterocycles. The number of hydrogen-bond donors (Lipinski definition) is 0. The number of benzene rings is 1. The Morgan fingerprint density at radius 1 is 1.15 bits per heavy atom. The third kappa shape index (κ3) is 4.77. The first kappa shape index (κ1) is 21.6. The van der Waals surface area contributed by atoms with E-state index in [9.17, 15) is 4.79 Å². The van der Waals surface area contributed by atoms with Crippen molar-refractivity contribution in [3.8, 4) is 11.7 Å². The van der Waals surface area contributed by atoms with E-state index in [1.807, 2.05) is 22.9 Å². The molecule has 0 unspecified atom stereocenters. The zero-order valence-electron chi connectivity index (χ0n) is 18.9. The fourth-order valence-corrected chi connectivity index (χ4v) is 4.77. The van der Waals surface area contributed by atoms with Crippen LogP contribution in [-0.2, 0) is 29.2 Å². The van der Waals surface area contributed by atoms with E-state index in [0.29, 0.717) is 12.6 Å². The fourth-order valence-electron chi connectivity index (χ4n) is 4.77. The molecule has 0 N–H and O–H groups in total.